The Balaban J connectivity index is 1.02. The maximum atomic E-state index is 13.4. The fourth-order valence-electron chi connectivity index (χ4n) is 7.45. The number of fused-ring (bicyclic) bond motifs is 1. The van der Waals surface area contributed by atoms with E-state index in [-0.39, 0.29) is 24.3 Å². The number of aromatic nitrogens is 2. The summed E-state index contributed by atoms with van der Waals surface area (Å²) in [6, 6.07) is 5.04. The van der Waals surface area contributed by atoms with Crippen LogP contribution < -0.4 is 20.1 Å². The highest BCUT2D eigenvalue weighted by Crippen LogP contribution is 2.55. The molecule has 1 saturated heterocycles. The number of likely N-dealkylation sites (tertiary alicyclic amines) is 1. The minimum absolute atomic E-state index is 0.0613. The van der Waals surface area contributed by atoms with Crippen LogP contribution in [0.4, 0.5) is 9.93 Å². The maximum absolute atomic E-state index is 13.4. The molecular weight excluding hydrogens is 466 g/mol. The van der Waals surface area contributed by atoms with Gasteiger partial charge in [0.25, 0.3) is 0 Å². The van der Waals surface area contributed by atoms with Crippen molar-refractivity contribution in [2.45, 2.75) is 62.9 Å². The molecule has 3 heterocycles. The highest BCUT2D eigenvalue weighted by molar-refractivity contribution is 7.18. The second-order valence-electron chi connectivity index (χ2n) is 10.9. The molecule has 1 aromatic carbocycles. The molecule has 1 atom stereocenters. The first-order valence-corrected chi connectivity index (χ1v) is 13.5. The molecule has 2 N–H and O–H groups in total. The van der Waals surface area contributed by atoms with E-state index in [0.29, 0.717) is 34.6 Å². The summed E-state index contributed by atoms with van der Waals surface area (Å²) in [6.07, 6.45) is 8.79. The highest BCUT2D eigenvalue weighted by atomic mass is 32.1. The van der Waals surface area contributed by atoms with Gasteiger partial charge in [0.2, 0.25) is 17.8 Å². The Morgan fingerprint density at radius 1 is 1.03 bits per heavy atom. The van der Waals surface area contributed by atoms with Crippen LogP contribution in [0.3, 0.4) is 0 Å². The lowest BCUT2D eigenvalue weighted by atomic mass is 9.53. The quantitative estimate of drug-likeness (QED) is 0.664. The summed E-state index contributed by atoms with van der Waals surface area (Å²) >= 11 is 1.30. The lowest BCUT2D eigenvalue weighted by molar-refractivity contribution is -0.119. The molecule has 1 aromatic heterocycles. The average molecular weight is 496 g/mol. The zero-order valence-electron chi connectivity index (χ0n) is 19.5. The van der Waals surface area contributed by atoms with Crippen LogP contribution in [0.25, 0.3) is 10.6 Å². The van der Waals surface area contributed by atoms with Gasteiger partial charge in [-0.1, -0.05) is 11.3 Å². The number of amides is 3. The number of rotatable bonds is 4. The molecular formula is C25H29N5O4S. The standard InChI is InChI=1S/C25H29N5O4S/c31-21(26-23-29-28-22(35-23)17-3-4-19-20(9-17)34-13-33-19)18-2-1-5-30(18)24(32)27-25-10-14-6-15(11-25)8-16(7-14)12-25/h3-4,9,14-16,18H,1-2,5-8,10-13H2,(H,27,32)(H,26,29,31). The number of benzene rings is 1. The molecule has 0 radical (unpaired) electrons. The Morgan fingerprint density at radius 2 is 1.77 bits per heavy atom. The molecule has 4 saturated carbocycles. The predicted molar refractivity (Wildman–Crippen MR) is 129 cm³/mol. The Hall–Kier alpha value is -2.88. The predicted octanol–water partition coefficient (Wildman–Crippen LogP) is 4.02. The summed E-state index contributed by atoms with van der Waals surface area (Å²) in [5.41, 5.74) is 0.790. The van der Waals surface area contributed by atoms with E-state index in [4.69, 9.17) is 9.47 Å². The molecule has 4 aliphatic carbocycles. The first-order chi connectivity index (χ1) is 17.0. The monoisotopic (exact) mass is 495 g/mol. The van der Waals surface area contributed by atoms with Gasteiger partial charge in [0.1, 0.15) is 11.0 Å². The van der Waals surface area contributed by atoms with E-state index in [9.17, 15) is 9.59 Å². The van der Waals surface area contributed by atoms with E-state index < -0.39 is 6.04 Å². The average Bonchev–Trinajstić information content (AvgIpc) is 3.57. The summed E-state index contributed by atoms with van der Waals surface area (Å²) in [4.78, 5) is 28.3. The molecule has 35 heavy (non-hydrogen) atoms. The van der Waals surface area contributed by atoms with Crippen LogP contribution in [-0.4, -0.2) is 52.0 Å². The molecule has 4 bridgehead atoms. The fourth-order valence-corrected chi connectivity index (χ4v) is 8.20. The topological polar surface area (TPSA) is 106 Å². The van der Waals surface area contributed by atoms with Crippen LogP contribution >= 0.6 is 11.3 Å². The van der Waals surface area contributed by atoms with Gasteiger partial charge >= 0.3 is 6.03 Å². The number of hydrogen-bond donors (Lipinski definition) is 2. The van der Waals surface area contributed by atoms with Crippen molar-refractivity contribution >= 4 is 28.4 Å². The molecule has 6 aliphatic rings. The number of urea groups is 1. The third kappa shape index (κ3) is 3.82. The van der Waals surface area contributed by atoms with Crippen molar-refractivity contribution in [3.05, 3.63) is 18.2 Å². The van der Waals surface area contributed by atoms with Gasteiger partial charge in [0.05, 0.1) is 0 Å². The van der Waals surface area contributed by atoms with Gasteiger partial charge in [-0.15, -0.1) is 10.2 Å². The van der Waals surface area contributed by atoms with Crippen LogP contribution in [0, 0.1) is 17.8 Å². The van der Waals surface area contributed by atoms with Gasteiger partial charge < -0.3 is 19.7 Å². The third-order valence-electron chi connectivity index (χ3n) is 8.50. The summed E-state index contributed by atoms with van der Waals surface area (Å²) in [6.45, 7) is 0.819. The second-order valence-corrected chi connectivity index (χ2v) is 11.9. The molecule has 10 heteroatoms. The van der Waals surface area contributed by atoms with Crippen LogP contribution in [0.2, 0.25) is 0 Å². The number of carbonyl (C=O) groups excluding carboxylic acids is 2. The SMILES string of the molecule is O=C(Nc1nnc(-c2ccc3c(c2)OCO3)s1)C1CCCN1C(=O)NC12CC3CC(CC(C3)C1)C2. The number of hydrogen-bond acceptors (Lipinski definition) is 7. The van der Waals surface area contributed by atoms with E-state index in [1.165, 1.54) is 30.6 Å². The Kier molecular flexibility index (Phi) is 4.94. The summed E-state index contributed by atoms with van der Waals surface area (Å²) < 4.78 is 10.8. The number of anilines is 1. The molecule has 2 aliphatic heterocycles. The van der Waals surface area contributed by atoms with Gasteiger partial charge in [-0.25, -0.2) is 4.79 Å². The molecule has 9 nitrogen and oxygen atoms in total. The molecule has 2 aromatic rings. The van der Waals surface area contributed by atoms with E-state index in [1.807, 2.05) is 18.2 Å². The molecule has 8 rings (SSSR count). The van der Waals surface area contributed by atoms with E-state index >= 15 is 0 Å². The summed E-state index contributed by atoms with van der Waals surface area (Å²) in [5, 5.41) is 15.8. The maximum Gasteiger partial charge on any atom is 0.318 e. The lowest BCUT2D eigenvalue weighted by Crippen LogP contribution is -2.62. The number of carbonyl (C=O) groups is 2. The fraction of sp³-hybridized carbons (Fsp3) is 0.600. The van der Waals surface area contributed by atoms with Gasteiger partial charge in [0, 0.05) is 17.6 Å². The summed E-state index contributed by atoms with van der Waals surface area (Å²) in [7, 11) is 0. The number of ether oxygens (including phenoxy) is 2. The van der Waals surface area contributed by atoms with Crippen molar-refractivity contribution in [2.75, 3.05) is 18.7 Å². The van der Waals surface area contributed by atoms with Gasteiger partial charge in [-0.05, 0) is 87.3 Å². The van der Waals surface area contributed by atoms with Crippen molar-refractivity contribution in [3.8, 4) is 22.1 Å². The van der Waals surface area contributed by atoms with E-state index in [0.717, 1.165) is 49.0 Å². The minimum Gasteiger partial charge on any atom is -0.454 e. The third-order valence-corrected chi connectivity index (χ3v) is 9.39. The van der Waals surface area contributed by atoms with Gasteiger partial charge in [-0.3, -0.25) is 10.1 Å². The first kappa shape index (κ1) is 21.4. The van der Waals surface area contributed by atoms with Crippen molar-refractivity contribution < 1.29 is 19.1 Å². The van der Waals surface area contributed by atoms with Crippen LogP contribution in [0.1, 0.15) is 51.4 Å². The Labute approximate surface area is 207 Å². The minimum atomic E-state index is -0.484. The van der Waals surface area contributed by atoms with Gasteiger partial charge in [-0.2, -0.15) is 0 Å². The van der Waals surface area contributed by atoms with Crippen molar-refractivity contribution in [2.24, 2.45) is 17.8 Å². The van der Waals surface area contributed by atoms with Crippen LogP contribution in [0.5, 0.6) is 11.5 Å². The van der Waals surface area contributed by atoms with E-state index in [2.05, 4.69) is 20.8 Å². The van der Waals surface area contributed by atoms with Gasteiger partial charge in [0.15, 0.2) is 11.5 Å². The van der Waals surface area contributed by atoms with Crippen LogP contribution in [-0.2, 0) is 4.79 Å². The summed E-state index contributed by atoms with van der Waals surface area (Å²) in [5.74, 6) is 3.47. The second kappa shape index (κ2) is 8.08. The van der Waals surface area contributed by atoms with Crippen molar-refractivity contribution in [1.82, 2.24) is 20.4 Å². The Morgan fingerprint density at radius 3 is 2.54 bits per heavy atom. The van der Waals surface area contributed by atoms with Crippen molar-refractivity contribution in [1.29, 1.82) is 0 Å². The zero-order chi connectivity index (χ0) is 23.6. The first-order valence-electron chi connectivity index (χ1n) is 12.7. The number of nitrogens with zero attached hydrogens (tertiary/aromatic N) is 3. The molecule has 3 amide bonds. The van der Waals surface area contributed by atoms with E-state index in [1.54, 1.807) is 4.90 Å². The highest BCUT2D eigenvalue weighted by Gasteiger charge is 2.52. The molecule has 184 valence electrons. The Bertz CT molecular complexity index is 1150. The number of nitrogens with one attached hydrogen (secondary N) is 2. The zero-order valence-corrected chi connectivity index (χ0v) is 20.3. The van der Waals surface area contributed by atoms with Crippen molar-refractivity contribution in [3.63, 3.8) is 0 Å². The normalized spacial score (nSPS) is 32.2. The molecule has 5 fully saturated rings. The lowest BCUT2D eigenvalue weighted by Gasteiger charge is -2.57. The smallest absolute Gasteiger partial charge is 0.318 e. The largest absolute Gasteiger partial charge is 0.454 e. The molecule has 1 unspecified atom stereocenters. The molecule has 0 spiro atoms. The van der Waals surface area contributed by atoms with Crippen LogP contribution in [0.15, 0.2) is 18.2 Å².